The molecule has 4 amide bonds. The maximum absolute atomic E-state index is 12.3. The number of carbonyl (C=O) groups excluding carboxylic acids is 2. The molecule has 1 aromatic carbocycles. The number of nitriles is 1. The van der Waals surface area contributed by atoms with Gasteiger partial charge in [-0.3, -0.25) is 0 Å². The van der Waals surface area contributed by atoms with Gasteiger partial charge in [-0.2, -0.15) is 5.26 Å². The Morgan fingerprint density at radius 1 is 1.46 bits per heavy atom. The first-order chi connectivity index (χ1) is 11.4. The molecular formula is C16H16N4O4. The monoisotopic (exact) mass is 328 g/mol. The Hall–Kier alpha value is -3.34. The van der Waals surface area contributed by atoms with E-state index in [9.17, 15) is 19.6 Å². The zero-order chi connectivity index (χ0) is 17.9. The van der Waals surface area contributed by atoms with Crippen molar-refractivity contribution in [3.63, 3.8) is 0 Å². The number of imide groups is 1. The quantitative estimate of drug-likeness (QED) is 0.783. The number of carboxylic acids is 1. The van der Waals surface area contributed by atoms with Crippen molar-refractivity contribution in [1.82, 2.24) is 15.5 Å². The number of hydrogen-bond acceptors (Lipinski definition) is 4. The van der Waals surface area contributed by atoms with Crippen LogP contribution in [-0.2, 0) is 0 Å². The average Bonchev–Trinajstić information content (AvgIpc) is 2.54. The molecule has 1 unspecified atom stereocenters. The van der Waals surface area contributed by atoms with Gasteiger partial charge in [-0.05, 0) is 31.5 Å². The molecule has 8 heteroatoms. The third-order valence-corrected chi connectivity index (χ3v) is 3.57. The Bertz CT molecular complexity index is 779. The van der Waals surface area contributed by atoms with Gasteiger partial charge in [0.25, 0.3) is 0 Å². The number of allylic oxidation sites excluding steroid dienone is 1. The number of urea groups is 2. The lowest BCUT2D eigenvalue weighted by molar-refractivity contribution is 0.0696. The van der Waals surface area contributed by atoms with Crippen LogP contribution in [0, 0.1) is 11.3 Å². The van der Waals surface area contributed by atoms with Crippen molar-refractivity contribution in [2.24, 2.45) is 0 Å². The van der Waals surface area contributed by atoms with E-state index in [4.69, 9.17) is 5.11 Å². The minimum absolute atomic E-state index is 0.00396. The van der Waals surface area contributed by atoms with E-state index >= 15 is 0 Å². The fourth-order valence-electron chi connectivity index (χ4n) is 2.49. The number of nitrogens with zero attached hydrogens (tertiary/aromatic N) is 2. The summed E-state index contributed by atoms with van der Waals surface area (Å²) in [4.78, 5) is 36.6. The first-order valence-corrected chi connectivity index (χ1v) is 7.22. The fraction of sp³-hybridized carbons (Fsp3) is 0.250. The van der Waals surface area contributed by atoms with Gasteiger partial charge in [0.1, 0.15) is 6.04 Å². The van der Waals surface area contributed by atoms with Gasteiger partial charge < -0.3 is 15.7 Å². The van der Waals surface area contributed by atoms with E-state index in [0.29, 0.717) is 17.8 Å². The first kappa shape index (κ1) is 17.0. The van der Waals surface area contributed by atoms with Gasteiger partial charge in [0.15, 0.2) is 0 Å². The standard InChI is InChI=1S/C16H16N4O4/c1-3-18-15(23)20-13(12(8-17)9(2)19-16(20)24)10-5-4-6-11(7-10)14(21)22/h4-7,13H,3H2,1-2H3,(H,18,23)(H,19,24)(H,21,22). The molecule has 0 spiro atoms. The first-order valence-electron chi connectivity index (χ1n) is 7.22. The molecule has 1 aliphatic rings. The van der Waals surface area contributed by atoms with E-state index in [-0.39, 0.29) is 11.1 Å². The molecule has 0 saturated heterocycles. The van der Waals surface area contributed by atoms with Gasteiger partial charge in [0.05, 0.1) is 17.2 Å². The topological polar surface area (TPSA) is 123 Å². The van der Waals surface area contributed by atoms with Gasteiger partial charge in [0.2, 0.25) is 0 Å². The summed E-state index contributed by atoms with van der Waals surface area (Å²) in [5, 5.41) is 23.6. The molecular weight excluding hydrogens is 312 g/mol. The van der Waals surface area contributed by atoms with Crippen molar-refractivity contribution in [1.29, 1.82) is 5.26 Å². The summed E-state index contributed by atoms with van der Waals surface area (Å²) in [7, 11) is 0. The summed E-state index contributed by atoms with van der Waals surface area (Å²) in [5.41, 5.74) is 0.869. The number of rotatable bonds is 3. The lowest BCUT2D eigenvalue weighted by atomic mass is 9.94. The second kappa shape index (κ2) is 6.83. The van der Waals surface area contributed by atoms with E-state index in [1.807, 2.05) is 6.07 Å². The Balaban J connectivity index is 2.62. The van der Waals surface area contributed by atoms with Crippen LogP contribution in [0.2, 0.25) is 0 Å². The van der Waals surface area contributed by atoms with Gasteiger partial charge >= 0.3 is 18.0 Å². The molecule has 1 aliphatic heterocycles. The largest absolute Gasteiger partial charge is 0.478 e. The Morgan fingerprint density at radius 2 is 2.17 bits per heavy atom. The third kappa shape index (κ3) is 3.05. The van der Waals surface area contributed by atoms with Gasteiger partial charge in [-0.1, -0.05) is 12.1 Å². The number of aromatic carboxylic acids is 1. The van der Waals surface area contributed by atoms with Crippen molar-refractivity contribution in [3.8, 4) is 6.07 Å². The van der Waals surface area contributed by atoms with Crippen LogP contribution in [-0.4, -0.2) is 34.6 Å². The zero-order valence-electron chi connectivity index (χ0n) is 13.2. The average molecular weight is 328 g/mol. The molecule has 8 nitrogen and oxygen atoms in total. The number of amides is 4. The van der Waals surface area contributed by atoms with Gasteiger partial charge in [-0.25, -0.2) is 19.3 Å². The smallest absolute Gasteiger partial charge is 0.335 e. The normalized spacial score (nSPS) is 17.1. The van der Waals surface area contributed by atoms with Crippen LogP contribution < -0.4 is 10.6 Å². The third-order valence-electron chi connectivity index (χ3n) is 3.57. The van der Waals surface area contributed by atoms with E-state index in [1.54, 1.807) is 19.9 Å². The predicted molar refractivity (Wildman–Crippen MR) is 83.9 cm³/mol. The highest BCUT2D eigenvalue weighted by Crippen LogP contribution is 2.33. The van der Waals surface area contributed by atoms with Crippen LogP contribution in [0.4, 0.5) is 9.59 Å². The maximum Gasteiger partial charge on any atom is 0.335 e. The van der Waals surface area contributed by atoms with Crippen molar-refractivity contribution in [3.05, 3.63) is 46.7 Å². The molecule has 3 N–H and O–H groups in total. The molecule has 0 saturated carbocycles. The molecule has 24 heavy (non-hydrogen) atoms. The van der Waals surface area contributed by atoms with E-state index in [1.165, 1.54) is 18.2 Å². The van der Waals surface area contributed by atoms with Crippen LogP contribution in [0.5, 0.6) is 0 Å². The number of benzene rings is 1. The van der Waals surface area contributed by atoms with Crippen LogP contribution in [0.15, 0.2) is 35.5 Å². The van der Waals surface area contributed by atoms with Crippen LogP contribution >= 0.6 is 0 Å². The highest BCUT2D eigenvalue weighted by molar-refractivity contribution is 5.96. The summed E-state index contributed by atoms with van der Waals surface area (Å²) in [6.07, 6.45) is 0. The summed E-state index contributed by atoms with van der Waals surface area (Å²) in [5.74, 6) is -1.14. The summed E-state index contributed by atoms with van der Waals surface area (Å²) < 4.78 is 0. The lowest BCUT2D eigenvalue weighted by Gasteiger charge is -2.34. The van der Waals surface area contributed by atoms with Crippen LogP contribution in [0.3, 0.4) is 0 Å². The predicted octanol–water partition coefficient (Wildman–Crippen LogP) is 1.98. The van der Waals surface area contributed by atoms with Crippen molar-refractivity contribution >= 4 is 18.0 Å². The Kier molecular flexibility index (Phi) is 4.84. The minimum atomic E-state index is -1.14. The van der Waals surface area contributed by atoms with Crippen molar-refractivity contribution in [2.45, 2.75) is 19.9 Å². The molecule has 0 bridgehead atoms. The molecule has 1 atom stereocenters. The second-order valence-electron chi connectivity index (χ2n) is 5.12. The molecule has 1 aromatic rings. The molecule has 0 fully saturated rings. The Morgan fingerprint density at radius 3 is 2.75 bits per heavy atom. The summed E-state index contributed by atoms with van der Waals surface area (Å²) >= 11 is 0. The molecule has 0 aliphatic carbocycles. The maximum atomic E-state index is 12.3. The lowest BCUT2D eigenvalue weighted by Crippen LogP contribution is -2.53. The van der Waals surface area contributed by atoms with Gasteiger partial charge in [-0.15, -0.1) is 0 Å². The molecule has 1 heterocycles. The second-order valence-corrected chi connectivity index (χ2v) is 5.12. The highest BCUT2D eigenvalue weighted by Gasteiger charge is 2.38. The molecule has 2 rings (SSSR count). The van der Waals surface area contributed by atoms with E-state index in [0.717, 1.165) is 4.90 Å². The van der Waals surface area contributed by atoms with E-state index in [2.05, 4.69) is 10.6 Å². The minimum Gasteiger partial charge on any atom is -0.478 e. The molecule has 124 valence electrons. The number of nitrogens with one attached hydrogen (secondary N) is 2. The summed E-state index contributed by atoms with van der Waals surface area (Å²) in [6.45, 7) is 3.56. The van der Waals surface area contributed by atoms with Gasteiger partial charge in [0, 0.05) is 12.2 Å². The van der Waals surface area contributed by atoms with Crippen molar-refractivity contribution < 1.29 is 19.5 Å². The summed E-state index contributed by atoms with van der Waals surface area (Å²) in [6, 6.07) is 5.49. The molecule has 0 aromatic heterocycles. The highest BCUT2D eigenvalue weighted by atomic mass is 16.4. The van der Waals surface area contributed by atoms with Crippen LogP contribution in [0.1, 0.15) is 35.8 Å². The number of hydrogen-bond donors (Lipinski definition) is 3. The van der Waals surface area contributed by atoms with E-state index < -0.39 is 24.1 Å². The zero-order valence-corrected chi connectivity index (χ0v) is 13.2. The number of carboxylic acid groups (broad SMARTS) is 1. The van der Waals surface area contributed by atoms with Crippen molar-refractivity contribution in [2.75, 3.05) is 6.54 Å². The Labute approximate surface area is 138 Å². The number of carbonyl (C=O) groups is 3. The fourth-order valence-corrected chi connectivity index (χ4v) is 2.49. The SMILES string of the molecule is CCNC(=O)N1C(=O)NC(C)=C(C#N)C1c1cccc(C(=O)O)c1. The molecule has 0 radical (unpaired) electrons. The van der Waals surface area contributed by atoms with Crippen LogP contribution in [0.25, 0.3) is 0 Å².